The van der Waals surface area contributed by atoms with Crippen LogP contribution >= 0.6 is 0 Å². The highest BCUT2D eigenvalue weighted by Crippen LogP contribution is 2.38. The molecule has 0 N–H and O–H groups in total. The van der Waals surface area contributed by atoms with Crippen molar-refractivity contribution >= 4 is 43.4 Å². The van der Waals surface area contributed by atoms with E-state index in [9.17, 15) is 0 Å². The minimum absolute atomic E-state index is 0.627. The van der Waals surface area contributed by atoms with E-state index in [1.807, 2.05) is 18.2 Å². The zero-order valence-corrected chi connectivity index (χ0v) is 27.6. The first kappa shape index (κ1) is 29.0. The summed E-state index contributed by atoms with van der Waals surface area (Å²) in [4.78, 5) is 15.4. The van der Waals surface area contributed by atoms with E-state index in [1.165, 1.54) is 38.2 Å². The SMILES string of the molecule is c1ccc(-c2nc(-c3cccc(-n4c5ccccc5c5ccc6ccccc6c54)c3)nc(-c3ccc(-c4ccccc4)c4ccccc34)n2)cc1. The van der Waals surface area contributed by atoms with Crippen LogP contribution in [0.25, 0.3) is 94.3 Å². The fraction of sp³-hybridized carbons (Fsp3) is 0. The van der Waals surface area contributed by atoms with Gasteiger partial charge in [0.2, 0.25) is 0 Å². The van der Waals surface area contributed by atoms with Crippen LogP contribution < -0.4 is 0 Å². The Morgan fingerprint density at radius 3 is 1.69 bits per heavy atom. The molecule has 0 saturated heterocycles. The summed E-state index contributed by atoms with van der Waals surface area (Å²) in [6, 6.07) is 63.9. The Kier molecular flexibility index (Phi) is 6.78. The van der Waals surface area contributed by atoms with Gasteiger partial charge in [-0.3, -0.25) is 0 Å². The van der Waals surface area contributed by atoms with E-state index in [0.717, 1.165) is 38.7 Å². The Labute approximate surface area is 295 Å². The van der Waals surface area contributed by atoms with Crippen molar-refractivity contribution in [2.45, 2.75) is 0 Å². The summed E-state index contributed by atoms with van der Waals surface area (Å²) in [6.07, 6.45) is 0. The first-order valence-electron chi connectivity index (χ1n) is 17.2. The van der Waals surface area contributed by atoms with Crippen molar-refractivity contribution in [2.75, 3.05) is 0 Å². The Morgan fingerprint density at radius 2 is 0.902 bits per heavy atom. The van der Waals surface area contributed by atoms with E-state index in [4.69, 9.17) is 15.0 Å². The number of benzene rings is 8. The highest BCUT2D eigenvalue weighted by atomic mass is 15.0. The topological polar surface area (TPSA) is 43.6 Å². The third-order valence-electron chi connectivity index (χ3n) is 9.84. The molecule has 0 radical (unpaired) electrons. The van der Waals surface area contributed by atoms with Crippen LogP contribution in [0.1, 0.15) is 0 Å². The minimum Gasteiger partial charge on any atom is -0.309 e. The second-order valence-electron chi connectivity index (χ2n) is 12.8. The maximum atomic E-state index is 5.22. The lowest BCUT2D eigenvalue weighted by Gasteiger charge is -2.14. The van der Waals surface area contributed by atoms with Gasteiger partial charge < -0.3 is 4.57 Å². The highest BCUT2D eigenvalue weighted by molar-refractivity contribution is 6.18. The first-order chi connectivity index (χ1) is 25.3. The van der Waals surface area contributed by atoms with Gasteiger partial charge in [0.25, 0.3) is 0 Å². The molecule has 0 bridgehead atoms. The van der Waals surface area contributed by atoms with E-state index < -0.39 is 0 Å². The molecule has 0 saturated carbocycles. The molecule has 0 amide bonds. The van der Waals surface area contributed by atoms with Gasteiger partial charge in [0.05, 0.1) is 11.0 Å². The smallest absolute Gasteiger partial charge is 0.164 e. The van der Waals surface area contributed by atoms with Gasteiger partial charge in [-0.15, -0.1) is 0 Å². The Hall–Kier alpha value is -6.91. The van der Waals surface area contributed by atoms with Crippen molar-refractivity contribution in [1.82, 2.24) is 19.5 Å². The van der Waals surface area contributed by atoms with Gasteiger partial charge in [-0.2, -0.15) is 0 Å². The number of aromatic nitrogens is 4. The molecule has 238 valence electrons. The van der Waals surface area contributed by atoms with Gasteiger partial charge in [0.15, 0.2) is 17.5 Å². The van der Waals surface area contributed by atoms with E-state index in [2.05, 4.69) is 168 Å². The van der Waals surface area contributed by atoms with Crippen molar-refractivity contribution in [2.24, 2.45) is 0 Å². The van der Waals surface area contributed by atoms with Crippen LogP contribution in [0, 0.1) is 0 Å². The molecular weight excluding hydrogens is 621 g/mol. The summed E-state index contributed by atoms with van der Waals surface area (Å²) in [5, 5.41) is 7.14. The summed E-state index contributed by atoms with van der Waals surface area (Å²) in [7, 11) is 0. The quantitative estimate of drug-likeness (QED) is 0.186. The van der Waals surface area contributed by atoms with Gasteiger partial charge in [-0.05, 0) is 51.6 Å². The van der Waals surface area contributed by atoms with Crippen LogP contribution in [0.4, 0.5) is 0 Å². The Bertz CT molecular complexity index is 2910. The predicted molar refractivity (Wildman–Crippen MR) is 211 cm³/mol. The summed E-state index contributed by atoms with van der Waals surface area (Å²) >= 11 is 0. The lowest BCUT2D eigenvalue weighted by Crippen LogP contribution is -2.01. The molecule has 2 aromatic heterocycles. The minimum atomic E-state index is 0.627. The lowest BCUT2D eigenvalue weighted by atomic mass is 9.95. The first-order valence-corrected chi connectivity index (χ1v) is 17.2. The normalized spacial score (nSPS) is 11.5. The lowest BCUT2D eigenvalue weighted by molar-refractivity contribution is 1.07. The molecule has 2 heterocycles. The third kappa shape index (κ3) is 4.88. The standard InChI is InChI=1S/C47H30N4/c1-3-14-31(15-4-1)36-28-29-42(39-23-10-9-22-38(36)39)47-49-45(33-17-5-2-6-18-33)48-46(50-47)34-19-13-20-35(30-34)51-43-25-12-11-24-40(43)41-27-26-32-16-7-8-21-37(32)44(41)51/h1-30H. The molecule has 4 nitrogen and oxygen atoms in total. The summed E-state index contributed by atoms with van der Waals surface area (Å²) < 4.78 is 2.38. The van der Waals surface area contributed by atoms with Crippen LogP contribution in [0.2, 0.25) is 0 Å². The number of rotatable bonds is 5. The van der Waals surface area contributed by atoms with Crippen LogP contribution in [0.3, 0.4) is 0 Å². The van der Waals surface area contributed by atoms with Crippen LogP contribution in [0.5, 0.6) is 0 Å². The van der Waals surface area contributed by atoms with Gasteiger partial charge in [-0.25, -0.2) is 15.0 Å². The van der Waals surface area contributed by atoms with Gasteiger partial charge in [0, 0.05) is 38.5 Å². The molecule has 0 aliphatic carbocycles. The average Bonchev–Trinajstić information content (AvgIpc) is 3.56. The van der Waals surface area contributed by atoms with E-state index in [0.29, 0.717) is 17.5 Å². The van der Waals surface area contributed by atoms with Gasteiger partial charge in [-0.1, -0.05) is 158 Å². The maximum Gasteiger partial charge on any atom is 0.164 e. The fourth-order valence-electron chi connectivity index (χ4n) is 7.49. The van der Waals surface area contributed by atoms with Gasteiger partial charge >= 0.3 is 0 Å². The van der Waals surface area contributed by atoms with Crippen LogP contribution in [0.15, 0.2) is 182 Å². The summed E-state index contributed by atoms with van der Waals surface area (Å²) in [5.41, 5.74) is 8.59. The number of fused-ring (bicyclic) bond motifs is 6. The van der Waals surface area contributed by atoms with E-state index >= 15 is 0 Å². The van der Waals surface area contributed by atoms with Crippen molar-refractivity contribution in [3.8, 4) is 51.0 Å². The summed E-state index contributed by atoms with van der Waals surface area (Å²) in [6.45, 7) is 0. The third-order valence-corrected chi connectivity index (χ3v) is 9.84. The largest absolute Gasteiger partial charge is 0.309 e. The molecule has 8 aromatic carbocycles. The number of hydrogen-bond donors (Lipinski definition) is 0. The van der Waals surface area contributed by atoms with Crippen LogP contribution in [-0.2, 0) is 0 Å². The van der Waals surface area contributed by atoms with Crippen molar-refractivity contribution in [1.29, 1.82) is 0 Å². The average molecular weight is 651 g/mol. The molecule has 10 rings (SSSR count). The maximum absolute atomic E-state index is 5.22. The van der Waals surface area contributed by atoms with Gasteiger partial charge in [0.1, 0.15) is 0 Å². The van der Waals surface area contributed by atoms with Crippen molar-refractivity contribution in [3.63, 3.8) is 0 Å². The highest BCUT2D eigenvalue weighted by Gasteiger charge is 2.18. The zero-order chi connectivity index (χ0) is 33.7. The van der Waals surface area contributed by atoms with Crippen molar-refractivity contribution < 1.29 is 0 Å². The zero-order valence-electron chi connectivity index (χ0n) is 27.6. The van der Waals surface area contributed by atoms with Crippen LogP contribution in [-0.4, -0.2) is 19.5 Å². The summed E-state index contributed by atoms with van der Waals surface area (Å²) in [5.74, 6) is 1.91. The monoisotopic (exact) mass is 650 g/mol. The molecule has 51 heavy (non-hydrogen) atoms. The molecule has 0 fully saturated rings. The second-order valence-corrected chi connectivity index (χ2v) is 12.8. The van der Waals surface area contributed by atoms with E-state index in [1.54, 1.807) is 0 Å². The predicted octanol–water partition coefficient (Wildman–Crippen LogP) is 11.9. The Balaban J connectivity index is 1.20. The number of para-hydroxylation sites is 1. The molecule has 0 unspecified atom stereocenters. The molecule has 0 aliphatic heterocycles. The number of hydrogen-bond acceptors (Lipinski definition) is 3. The molecule has 4 heteroatoms. The van der Waals surface area contributed by atoms with E-state index in [-0.39, 0.29) is 0 Å². The molecule has 10 aromatic rings. The van der Waals surface area contributed by atoms with Crippen molar-refractivity contribution in [3.05, 3.63) is 182 Å². The second kappa shape index (κ2) is 11.9. The fourth-order valence-corrected chi connectivity index (χ4v) is 7.49. The molecule has 0 atom stereocenters. The molecule has 0 spiro atoms. The molecular formula is C47H30N4. The Morgan fingerprint density at radius 1 is 0.333 bits per heavy atom. The molecule has 0 aliphatic rings. The number of nitrogens with zero attached hydrogens (tertiary/aromatic N) is 4.